The first-order valence-electron chi connectivity index (χ1n) is 5.44. The standard InChI is InChI=1S/C12H16ClNO3/c1-2-14(5-6-15)12(17)7-9-3-4-10(16)8-11(9)13/h3-4,8,15-16H,2,5-7H2,1H3. The molecule has 0 saturated heterocycles. The first kappa shape index (κ1) is 13.8. The van der Waals surface area contributed by atoms with Gasteiger partial charge in [0, 0.05) is 18.1 Å². The van der Waals surface area contributed by atoms with Gasteiger partial charge in [-0.15, -0.1) is 0 Å². The quantitative estimate of drug-likeness (QED) is 0.839. The van der Waals surface area contributed by atoms with Gasteiger partial charge in [0.25, 0.3) is 0 Å². The second kappa shape index (κ2) is 6.47. The lowest BCUT2D eigenvalue weighted by molar-refractivity contribution is -0.130. The molecule has 0 radical (unpaired) electrons. The van der Waals surface area contributed by atoms with E-state index in [1.807, 2.05) is 6.92 Å². The first-order valence-corrected chi connectivity index (χ1v) is 5.82. The summed E-state index contributed by atoms with van der Waals surface area (Å²) in [5, 5.41) is 18.4. The molecule has 1 aromatic carbocycles. The Hall–Kier alpha value is -1.26. The maximum absolute atomic E-state index is 11.9. The topological polar surface area (TPSA) is 60.8 Å². The van der Waals surface area contributed by atoms with E-state index in [1.165, 1.54) is 12.1 Å². The van der Waals surface area contributed by atoms with Gasteiger partial charge in [-0.3, -0.25) is 4.79 Å². The van der Waals surface area contributed by atoms with E-state index in [-0.39, 0.29) is 24.7 Å². The fourth-order valence-corrected chi connectivity index (χ4v) is 1.78. The summed E-state index contributed by atoms with van der Waals surface area (Å²) in [6.07, 6.45) is 0.174. The van der Waals surface area contributed by atoms with Crippen molar-refractivity contribution in [1.29, 1.82) is 0 Å². The Morgan fingerprint density at radius 3 is 2.71 bits per heavy atom. The lowest BCUT2D eigenvalue weighted by atomic mass is 10.1. The summed E-state index contributed by atoms with van der Waals surface area (Å²) in [5.74, 6) is -0.0111. The van der Waals surface area contributed by atoms with Crippen molar-refractivity contribution in [2.24, 2.45) is 0 Å². The number of hydrogen-bond donors (Lipinski definition) is 2. The molecular formula is C12H16ClNO3. The van der Waals surface area contributed by atoms with E-state index in [9.17, 15) is 9.90 Å². The Morgan fingerprint density at radius 1 is 1.47 bits per heavy atom. The molecule has 0 aliphatic rings. The molecule has 0 unspecified atom stereocenters. The monoisotopic (exact) mass is 257 g/mol. The second-order valence-electron chi connectivity index (χ2n) is 3.65. The number of phenolic OH excluding ortho intramolecular Hbond substituents is 1. The number of phenols is 1. The highest BCUT2D eigenvalue weighted by molar-refractivity contribution is 6.31. The molecule has 94 valence electrons. The lowest BCUT2D eigenvalue weighted by Crippen LogP contribution is -2.34. The van der Waals surface area contributed by atoms with Crippen molar-refractivity contribution in [2.45, 2.75) is 13.3 Å². The molecule has 1 aromatic rings. The zero-order valence-corrected chi connectivity index (χ0v) is 10.4. The van der Waals surface area contributed by atoms with Crippen molar-refractivity contribution in [2.75, 3.05) is 19.7 Å². The summed E-state index contributed by atoms with van der Waals surface area (Å²) >= 11 is 5.92. The minimum absolute atomic E-state index is 0.0527. The zero-order valence-electron chi connectivity index (χ0n) is 9.69. The highest BCUT2D eigenvalue weighted by Crippen LogP contribution is 2.22. The third kappa shape index (κ3) is 3.91. The van der Waals surface area contributed by atoms with Gasteiger partial charge in [-0.05, 0) is 24.6 Å². The van der Waals surface area contributed by atoms with Crippen molar-refractivity contribution < 1.29 is 15.0 Å². The molecule has 0 spiro atoms. The van der Waals surface area contributed by atoms with Crippen LogP contribution in [0.2, 0.25) is 5.02 Å². The molecule has 4 nitrogen and oxygen atoms in total. The van der Waals surface area contributed by atoms with Crippen LogP contribution in [0.5, 0.6) is 5.75 Å². The third-order valence-electron chi connectivity index (χ3n) is 2.48. The molecule has 5 heteroatoms. The number of benzene rings is 1. The maximum Gasteiger partial charge on any atom is 0.227 e. The van der Waals surface area contributed by atoms with Crippen LogP contribution in [-0.4, -0.2) is 40.7 Å². The van der Waals surface area contributed by atoms with Gasteiger partial charge in [-0.1, -0.05) is 17.7 Å². The van der Waals surface area contributed by atoms with Gasteiger partial charge in [0.1, 0.15) is 5.75 Å². The SMILES string of the molecule is CCN(CCO)C(=O)Cc1ccc(O)cc1Cl. The van der Waals surface area contributed by atoms with Gasteiger partial charge in [-0.2, -0.15) is 0 Å². The van der Waals surface area contributed by atoms with Gasteiger partial charge in [0.2, 0.25) is 5.91 Å². The number of amides is 1. The predicted molar refractivity (Wildman–Crippen MR) is 66.2 cm³/mol. The number of aliphatic hydroxyl groups excluding tert-OH is 1. The van der Waals surface area contributed by atoms with Crippen molar-refractivity contribution in [3.63, 3.8) is 0 Å². The molecule has 17 heavy (non-hydrogen) atoms. The number of hydrogen-bond acceptors (Lipinski definition) is 3. The Labute approximate surface area is 105 Å². The van der Waals surface area contributed by atoms with E-state index >= 15 is 0 Å². The van der Waals surface area contributed by atoms with Crippen LogP contribution in [0.25, 0.3) is 0 Å². The number of aliphatic hydroxyl groups is 1. The molecule has 0 aromatic heterocycles. The average molecular weight is 258 g/mol. The summed E-state index contributed by atoms with van der Waals surface area (Å²) in [6.45, 7) is 2.68. The molecule has 1 amide bonds. The van der Waals surface area contributed by atoms with Gasteiger partial charge in [0.15, 0.2) is 0 Å². The van der Waals surface area contributed by atoms with Crippen LogP contribution in [0.1, 0.15) is 12.5 Å². The molecule has 0 aliphatic carbocycles. The van der Waals surface area contributed by atoms with Crippen LogP contribution in [0.15, 0.2) is 18.2 Å². The van der Waals surface area contributed by atoms with Crippen molar-refractivity contribution >= 4 is 17.5 Å². The van der Waals surface area contributed by atoms with Crippen LogP contribution < -0.4 is 0 Å². The molecule has 2 N–H and O–H groups in total. The Morgan fingerprint density at radius 2 is 2.18 bits per heavy atom. The van der Waals surface area contributed by atoms with Crippen molar-refractivity contribution in [1.82, 2.24) is 4.90 Å². The van der Waals surface area contributed by atoms with E-state index < -0.39 is 0 Å². The highest BCUT2D eigenvalue weighted by Gasteiger charge is 2.13. The minimum Gasteiger partial charge on any atom is -0.508 e. The van der Waals surface area contributed by atoms with Crippen LogP contribution in [0.3, 0.4) is 0 Å². The van der Waals surface area contributed by atoms with Gasteiger partial charge >= 0.3 is 0 Å². The molecule has 0 atom stereocenters. The number of halogens is 1. The fourth-order valence-electron chi connectivity index (χ4n) is 1.53. The second-order valence-corrected chi connectivity index (χ2v) is 4.06. The van der Waals surface area contributed by atoms with Crippen LogP contribution >= 0.6 is 11.6 Å². The van der Waals surface area contributed by atoms with Gasteiger partial charge in [0.05, 0.1) is 13.0 Å². The Bertz CT molecular complexity index is 395. The Balaban J connectivity index is 2.73. The van der Waals surface area contributed by atoms with Crippen LogP contribution in [0, 0.1) is 0 Å². The molecule has 0 aliphatic heterocycles. The molecule has 0 heterocycles. The Kier molecular flexibility index (Phi) is 5.25. The summed E-state index contributed by atoms with van der Waals surface area (Å²) in [5.41, 5.74) is 0.672. The van der Waals surface area contributed by atoms with E-state index in [1.54, 1.807) is 11.0 Å². The molecule has 1 rings (SSSR count). The number of nitrogens with zero attached hydrogens (tertiary/aromatic N) is 1. The lowest BCUT2D eigenvalue weighted by Gasteiger charge is -2.19. The summed E-state index contributed by atoms with van der Waals surface area (Å²) in [7, 11) is 0. The zero-order chi connectivity index (χ0) is 12.8. The van der Waals surface area contributed by atoms with Gasteiger partial charge in [-0.25, -0.2) is 0 Å². The van der Waals surface area contributed by atoms with Crippen LogP contribution in [0.4, 0.5) is 0 Å². The largest absolute Gasteiger partial charge is 0.508 e. The number of carbonyl (C=O) groups excluding carboxylic acids is 1. The van der Waals surface area contributed by atoms with E-state index in [0.717, 1.165) is 0 Å². The maximum atomic E-state index is 11.9. The predicted octanol–water partition coefficient (Wildman–Crippen LogP) is 1.43. The summed E-state index contributed by atoms with van der Waals surface area (Å²) < 4.78 is 0. The number of rotatable bonds is 5. The van der Waals surface area contributed by atoms with Crippen molar-refractivity contribution in [3.8, 4) is 5.75 Å². The fraction of sp³-hybridized carbons (Fsp3) is 0.417. The number of likely N-dealkylation sites (N-methyl/N-ethyl adjacent to an activating group) is 1. The molecule has 0 fully saturated rings. The summed E-state index contributed by atoms with van der Waals surface area (Å²) in [4.78, 5) is 13.4. The van der Waals surface area contributed by atoms with Crippen LogP contribution in [-0.2, 0) is 11.2 Å². The van der Waals surface area contributed by atoms with Crippen molar-refractivity contribution in [3.05, 3.63) is 28.8 Å². The molecule has 0 saturated carbocycles. The normalized spacial score (nSPS) is 10.3. The van der Waals surface area contributed by atoms with E-state index in [2.05, 4.69) is 0 Å². The number of carbonyl (C=O) groups is 1. The highest BCUT2D eigenvalue weighted by atomic mass is 35.5. The van der Waals surface area contributed by atoms with E-state index in [0.29, 0.717) is 23.7 Å². The number of aromatic hydroxyl groups is 1. The van der Waals surface area contributed by atoms with Gasteiger partial charge < -0.3 is 15.1 Å². The first-order chi connectivity index (χ1) is 8.08. The molecular weight excluding hydrogens is 242 g/mol. The third-order valence-corrected chi connectivity index (χ3v) is 2.83. The van der Waals surface area contributed by atoms with E-state index in [4.69, 9.17) is 16.7 Å². The summed E-state index contributed by atoms with van der Waals surface area (Å²) in [6, 6.07) is 4.53. The smallest absolute Gasteiger partial charge is 0.227 e. The minimum atomic E-state index is -0.0888. The molecule has 0 bridgehead atoms. The average Bonchev–Trinajstić information content (AvgIpc) is 2.29.